The van der Waals surface area contributed by atoms with Crippen molar-refractivity contribution >= 4 is 5.97 Å². The Morgan fingerprint density at radius 2 is 2.18 bits per heavy atom. The predicted octanol–water partition coefficient (Wildman–Crippen LogP) is 0.871. The van der Waals surface area contributed by atoms with Gasteiger partial charge in [-0.3, -0.25) is 4.79 Å². The first-order chi connectivity index (χ1) is 5.36. The van der Waals surface area contributed by atoms with Gasteiger partial charge in [0.2, 0.25) is 0 Å². The predicted molar refractivity (Wildman–Crippen MR) is 38.1 cm³/mol. The van der Waals surface area contributed by atoms with Gasteiger partial charge in [-0.05, 0) is 19.3 Å². The molecule has 3 nitrogen and oxygen atoms in total. The maximum absolute atomic E-state index is 10.8. The first kappa shape index (κ1) is 7.10. The topological polar surface area (TPSA) is 35.5 Å². The van der Waals surface area contributed by atoms with Gasteiger partial charge in [-0.15, -0.1) is 0 Å². The fourth-order valence-corrected chi connectivity index (χ4v) is 1.70. The number of esters is 1. The lowest BCUT2D eigenvalue weighted by Gasteiger charge is -2.34. The van der Waals surface area contributed by atoms with E-state index in [-0.39, 0.29) is 18.2 Å². The van der Waals surface area contributed by atoms with E-state index < -0.39 is 0 Å². The molecule has 0 saturated carbocycles. The van der Waals surface area contributed by atoms with E-state index in [0.717, 1.165) is 25.9 Å². The van der Waals surface area contributed by atoms with Gasteiger partial charge in [0.25, 0.3) is 0 Å². The number of carbonyl (C=O) groups is 1. The fraction of sp³-hybridized carbons (Fsp3) is 0.875. The van der Waals surface area contributed by atoms with Gasteiger partial charge in [0.1, 0.15) is 6.10 Å². The van der Waals surface area contributed by atoms with Crippen LogP contribution in [-0.4, -0.2) is 24.8 Å². The highest BCUT2D eigenvalue weighted by atomic mass is 16.6. The molecule has 2 atom stereocenters. The average molecular weight is 156 g/mol. The molecule has 0 N–H and O–H groups in total. The second-order valence-corrected chi connectivity index (χ2v) is 3.12. The largest absolute Gasteiger partial charge is 0.460 e. The number of carbonyl (C=O) groups excluding carboxylic acids is 1. The maximum Gasteiger partial charge on any atom is 0.306 e. The molecule has 0 aromatic carbocycles. The molecular formula is C8H12O3. The van der Waals surface area contributed by atoms with Crippen LogP contribution in [0.5, 0.6) is 0 Å². The van der Waals surface area contributed by atoms with Crippen molar-refractivity contribution in [1.82, 2.24) is 0 Å². The molecule has 3 heteroatoms. The van der Waals surface area contributed by atoms with Gasteiger partial charge in [0.05, 0.1) is 6.10 Å². The van der Waals surface area contributed by atoms with Crippen LogP contribution in [0.25, 0.3) is 0 Å². The number of ether oxygens (including phenoxy) is 2. The van der Waals surface area contributed by atoms with Crippen molar-refractivity contribution in [2.45, 2.75) is 37.9 Å². The lowest BCUT2D eigenvalue weighted by Crippen LogP contribution is -2.41. The Bertz CT molecular complexity index is 167. The van der Waals surface area contributed by atoms with Crippen LogP contribution < -0.4 is 0 Å². The van der Waals surface area contributed by atoms with Crippen LogP contribution in [-0.2, 0) is 14.3 Å². The first-order valence-corrected chi connectivity index (χ1v) is 4.17. The van der Waals surface area contributed by atoms with E-state index in [0.29, 0.717) is 6.42 Å². The zero-order valence-corrected chi connectivity index (χ0v) is 6.41. The van der Waals surface area contributed by atoms with Crippen molar-refractivity contribution < 1.29 is 14.3 Å². The SMILES string of the molecule is O=C1CC[C@@H]2OCCC[C@@H]2O1. The van der Waals surface area contributed by atoms with Crippen LogP contribution in [0.15, 0.2) is 0 Å². The number of rotatable bonds is 0. The Kier molecular flexibility index (Phi) is 1.82. The summed E-state index contributed by atoms with van der Waals surface area (Å²) in [6, 6.07) is 0. The summed E-state index contributed by atoms with van der Waals surface area (Å²) in [6.07, 6.45) is 3.64. The van der Waals surface area contributed by atoms with Gasteiger partial charge in [0.15, 0.2) is 0 Å². The molecule has 0 unspecified atom stereocenters. The third-order valence-electron chi connectivity index (χ3n) is 2.30. The molecule has 2 aliphatic rings. The number of hydrogen-bond acceptors (Lipinski definition) is 3. The minimum absolute atomic E-state index is 0.0586. The third-order valence-corrected chi connectivity index (χ3v) is 2.30. The van der Waals surface area contributed by atoms with Crippen molar-refractivity contribution in [1.29, 1.82) is 0 Å². The van der Waals surface area contributed by atoms with Gasteiger partial charge in [-0.1, -0.05) is 0 Å². The zero-order chi connectivity index (χ0) is 7.68. The van der Waals surface area contributed by atoms with Crippen LogP contribution in [0.3, 0.4) is 0 Å². The van der Waals surface area contributed by atoms with Crippen LogP contribution in [0, 0.1) is 0 Å². The Morgan fingerprint density at radius 3 is 3.09 bits per heavy atom. The van der Waals surface area contributed by atoms with E-state index in [1.807, 2.05) is 0 Å². The number of hydrogen-bond donors (Lipinski definition) is 0. The van der Waals surface area contributed by atoms with Gasteiger partial charge in [0, 0.05) is 13.0 Å². The maximum atomic E-state index is 10.8. The van der Waals surface area contributed by atoms with Crippen LogP contribution in [0.1, 0.15) is 25.7 Å². The highest BCUT2D eigenvalue weighted by molar-refractivity contribution is 5.70. The van der Waals surface area contributed by atoms with E-state index in [1.165, 1.54) is 0 Å². The molecule has 2 saturated heterocycles. The third kappa shape index (κ3) is 1.38. The Morgan fingerprint density at radius 1 is 1.27 bits per heavy atom. The second kappa shape index (κ2) is 2.81. The molecule has 0 aliphatic carbocycles. The van der Waals surface area contributed by atoms with Gasteiger partial charge >= 0.3 is 5.97 Å². The molecule has 0 spiro atoms. The van der Waals surface area contributed by atoms with Crippen LogP contribution in [0.4, 0.5) is 0 Å². The molecule has 0 amide bonds. The zero-order valence-electron chi connectivity index (χ0n) is 6.41. The first-order valence-electron chi connectivity index (χ1n) is 4.17. The molecule has 0 aromatic heterocycles. The van der Waals surface area contributed by atoms with E-state index in [4.69, 9.17) is 9.47 Å². The van der Waals surface area contributed by atoms with E-state index in [2.05, 4.69) is 0 Å². The highest BCUT2D eigenvalue weighted by Crippen LogP contribution is 2.25. The smallest absolute Gasteiger partial charge is 0.306 e. The van der Waals surface area contributed by atoms with Crippen molar-refractivity contribution in [2.75, 3.05) is 6.61 Å². The monoisotopic (exact) mass is 156 g/mol. The molecule has 2 rings (SSSR count). The molecule has 2 heterocycles. The van der Waals surface area contributed by atoms with E-state index >= 15 is 0 Å². The highest BCUT2D eigenvalue weighted by Gasteiger charge is 2.33. The summed E-state index contributed by atoms with van der Waals surface area (Å²) in [4.78, 5) is 10.8. The Balaban J connectivity index is 1.98. The molecular weight excluding hydrogens is 144 g/mol. The van der Waals surface area contributed by atoms with Crippen LogP contribution >= 0.6 is 0 Å². The minimum atomic E-state index is -0.0586. The Labute approximate surface area is 65.7 Å². The number of fused-ring (bicyclic) bond motifs is 1. The normalized spacial score (nSPS) is 37.6. The molecule has 0 aromatic rings. The summed E-state index contributed by atoms with van der Waals surface area (Å²) < 4.78 is 10.6. The summed E-state index contributed by atoms with van der Waals surface area (Å²) in [7, 11) is 0. The fourth-order valence-electron chi connectivity index (χ4n) is 1.70. The van der Waals surface area contributed by atoms with Crippen molar-refractivity contribution in [3.8, 4) is 0 Å². The van der Waals surface area contributed by atoms with E-state index in [9.17, 15) is 4.79 Å². The van der Waals surface area contributed by atoms with Crippen molar-refractivity contribution in [3.05, 3.63) is 0 Å². The summed E-state index contributed by atoms with van der Waals surface area (Å²) >= 11 is 0. The summed E-state index contributed by atoms with van der Waals surface area (Å²) in [5.41, 5.74) is 0. The molecule has 2 fully saturated rings. The quantitative estimate of drug-likeness (QED) is 0.488. The molecule has 0 radical (unpaired) electrons. The summed E-state index contributed by atoms with van der Waals surface area (Å²) in [5, 5.41) is 0. The standard InChI is InChI=1S/C8H12O3/c9-8-4-3-6-7(11-8)2-1-5-10-6/h6-7H,1-5H2/t6-,7-/m0/s1. The summed E-state index contributed by atoms with van der Waals surface area (Å²) in [5.74, 6) is -0.0586. The minimum Gasteiger partial charge on any atom is -0.460 e. The van der Waals surface area contributed by atoms with Gasteiger partial charge in [-0.25, -0.2) is 0 Å². The molecule has 2 aliphatic heterocycles. The molecule has 62 valence electrons. The Hall–Kier alpha value is -0.570. The lowest BCUT2D eigenvalue weighted by molar-refractivity contribution is -0.175. The molecule has 11 heavy (non-hydrogen) atoms. The average Bonchev–Trinajstić information content (AvgIpc) is 2.04. The van der Waals surface area contributed by atoms with E-state index in [1.54, 1.807) is 0 Å². The second-order valence-electron chi connectivity index (χ2n) is 3.12. The summed E-state index contributed by atoms with van der Waals surface area (Å²) in [6.45, 7) is 0.832. The van der Waals surface area contributed by atoms with Gasteiger partial charge in [-0.2, -0.15) is 0 Å². The van der Waals surface area contributed by atoms with Crippen molar-refractivity contribution in [3.63, 3.8) is 0 Å². The van der Waals surface area contributed by atoms with Crippen LogP contribution in [0.2, 0.25) is 0 Å². The van der Waals surface area contributed by atoms with Crippen molar-refractivity contribution in [2.24, 2.45) is 0 Å². The molecule has 0 bridgehead atoms. The van der Waals surface area contributed by atoms with Gasteiger partial charge < -0.3 is 9.47 Å². The lowest BCUT2D eigenvalue weighted by atomic mass is 9.99.